The monoisotopic (exact) mass is 287 g/mol. The third kappa shape index (κ3) is 4.49. The summed E-state index contributed by atoms with van der Waals surface area (Å²) in [5.41, 5.74) is 4.09. The average Bonchev–Trinajstić information content (AvgIpc) is 2.45. The highest BCUT2D eigenvalue weighted by Gasteiger charge is 2.28. The van der Waals surface area contributed by atoms with Gasteiger partial charge in [-0.15, -0.1) is 0 Å². The first-order chi connectivity index (χ1) is 10.0. The first kappa shape index (κ1) is 16.4. The van der Waals surface area contributed by atoms with E-state index in [2.05, 4.69) is 38.9 Å². The smallest absolute Gasteiger partial charge is 0.0297 e. The fourth-order valence-corrected chi connectivity index (χ4v) is 4.20. The minimum atomic E-state index is 0.555. The molecule has 0 heterocycles. The van der Waals surface area contributed by atoms with Gasteiger partial charge in [0.2, 0.25) is 0 Å². The van der Waals surface area contributed by atoms with E-state index in [0.29, 0.717) is 12.0 Å². The maximum atomic E-state index is 4.37. The molecule has 0 radical (unpaired) electrons. The molecule has 1 N–H and O–H groups in total. The Morgan fingerprint density at radius 3 is 2.14 bits per heavy atom. The van der Waals surface area contributed by atoms with Crippen molar-refractivity contribution in [2.24, 2.45) is 17.8 Å². The lowest BCUT2D eigenvalue weighted by Gasteiger charge is -2.36. The molecule has 0 saturated heterocycles. The number of nitrogens with one attached hydrogen (secondary N) is 1. The molecule has 2 aliphatic rings. The summed E-state index contributed by atoms with van der Waals surface area (Å²) >= 11 is 0. The Kier molecular flexibility index (Phi) is 5.72. The zero-order chi connectivity index (χ0) is 15.4. The maximum Gasteiger partial charge on any atom is 0.0297 e. The summed E-state index contributed by atoms with van der Waals surface area (Å²) in [6.07, 6.45) is 9.79. The molecule has 0 bridgehead atoms. The van der Waals surface area contributed by atoms with Crippen molar-refractivity contribution < 1.29 is 0 Å². The molecule has 21 heavy (non-hydrogen) atoms. The molecule has 1 nitrogen and oxygen atoms in total. The predicted molar refractivity (Wildman–Crippen MR) is 93.1 cm³/mol. The van der Waals surface area contributed by atoms with E-state index in [1.54, 1.807) is 0 Å². The normalized spacial score (nSPS) is 33.8. The van der Waals surface area contributed by atoms with Gasteiger partial charge >= 0.3 is 0 Å². The first-order valence-corrected chi connectivity index (χ1v) is 8.80. The van der Waals surface area contributed by atoms with E-state index in [4.69, 9.17) is 0 Å². The summed E-state index contributed by atoms with van der Waals surface area (Å²) in [4.78, 5) is 0. The average molecular weight is 287 g/mol. The summed E-state index contributed by atoms with van der Waals surface area (Å²) in [6.45, 7) is 17.4. The molecule has 0 aliphatic heterocycles. The summed E-state index contributed by atoms with van der Waals surface area (Å²) in [5, 5.41) is 3.75. The van der Waals surface area contributed by atoms with Crippen LogP contribution in [0.4, 0.5) is 0 Å². The fraction of sp³-hybridized carbons (Fsp3) is 0.700. The highest BCUT2D eigenvalue weighted by molar-refractivity contribution is 5.13. The zero-order valence-electron chi connectivity index (χ0n) is 14.1. The number of allylic oxidation sites excluding steroid dienone is 2. The highest BCUT2D eigenvalue weighted by Crippen LogP contribution is 2.37. The lowest BCUT2D eigenvalue weighted by Crippen LogP contribution is -2.37. The third-order valence-corrected chi connectivity index (χ3v) is 5.50. The molecule has 0 aromatic rings. The minimum absolute atomic E-state index is 0.555. The van der Waals surface area contributed by atoms with Crippen molar-refractivity contribution in [3.8, 4) is 0 Å². The largest absolute Gasteiger partial charge is 0.386 e. The van der Waals surface area contributed by atoms with Crippen LogP contribution in [0.25, 0.3) is 0 Å². The molecular formula is C20H33N. The SMILES string of the molecule is C=C1CC(CC)CC(NC(=C)C2CC(=C)CC(CC)C2)C1. The van der Waals surface area contributed by atoms with Gasteiger partial charge in [-0.05, 0) is 50.4 Å². The second-order valence-electron chi connectivity index (χ2n) is 7.40. The molecule has 0 aromatic heterocycles. The van der Waals surface area contributed by atoms with Gasteiger partial charge in [-0.25, -0.2) is 0 Å². The van der Waals surface area contributed by atoms with Crippen molar-refractivity contribution in [1.82, 2.24) is 5.32 Å². The molecule has 4 atom stereocenters. The summed E-state index contributed by atoms with van der Waals surface area (Å²) in [6, 6.07) is 0.555. The second-order valence-corrected chi connectivity index (χ2v) is 7.40. The lowest BCUT2D eigenvalue weighted by atomic mass is 9.76. The minimum Gasteiger partial charge on any atom is -0.386 e. The van der Waals surface area contributed by atoms with Crippen molar-refractivity contribution in [3.05, 3.63) is 36.6 Å². The molecule has 0 spiro atoms. The molecule has 1 heteroatoms. The van der Waals surface area contributed by atoms with E-state index in [-0.39, 0.29) is 0 Å². The van der Waals surface area contributed by atoms with E-state index < -0.39 is 0 Å². The van der Waals surface area contributed by atoms with Gasteiger partial charge in [-0.1, -0.05) is 57.6 Å². The lowest BCUT2D eigenvalue weighted by molar-refractivity contribution is 0.302. The highest BCUT2D eigenvalue weighted by atomic mass is 14.9. The van der Waals surface area contributed by atoms with Crippen LogP contribution in [0.3, 0.4) is 0 Å². The zero-order valence-corrected chi connectivity index (χ0v) is 14.1. The Bertz CT molecular complexity index is 406. The van der Waals surface area contributed by atoms with Crippen LogP contribution in [-0.2, 0) is 0 Å². The van der Waals surface area contributed by atoms with E-state index in [1.165, 1.54) is 55.4 Å². The van der Waals surface area contributed by atoms with Gasteiger partial charge in [0.05, 0.1) is 0 Å². The van der Waals surface area contributed by atoms with Gasteiger partial charge in [0.25, 0.3) is 0 Å². The van der Waals surface area contributed by atoms with Crippen LogP contribution in [0.2, 0.25) is 0 Å². The van der Waals surface area contributed by atoms with Crippen molar-refractivity contribution in [3.63, 3.8) is 0 Å². The molecule has 2 aliphatic carbocycles. The molecule has 2 saturated carbocycles. The Balaban J connectivity index is 1.91. The first-order valence-electron chi connectivity index (χ1n) is 8.80. The van der Waals surface area contributed by atoms with Gasteiger partial charge in [0.15, 0.2) is 0 Å². The van der Waals surface area contributed by atoms with Crippen LogP contribution in [-0.4, -0.2) is 6.04 Å². The second kappa shape index (κ2) is 7.33. The van der Waals surface area contributed by atoms with Gasteiger partial charge in [-0.2, -0.15) is 0 Å². The van der Waals surface area contributed by atoms with E-state index in [0.717, 1.165) is 24.7 Å². The fourth-order valence-electron chi connectivity index (χ4n) is 4.20. The van der Waals surface area contributed by atoms with Crippen LogP contribution in [0.1, 0.15) is 65.2 Å². The van der Waals surface area contributed by atoms with Crippen molar-refractivity contribution in [1.29, 1.82) is 0 Å². The molecule has 2 fully saturated rings. The Morgan fingerprint density at radius 2 is 1.52 bits per heavy atom. The van der Waals surface area contributed by atoms with Gasteiger partial charge < -0.3 is 5.32 Å². The number of hydrogen-bond acceptors (Lipinski definition) is 1. The molecule has 2 rings (SSSR count). The maximum absolute atomic E-state index is 4.37. The molecule has 118 valence electrons. The van der Waals surface area contributed by atoms with Gasteiger partial charge in [0.1, 0.15) is 0 Å². The quantitative estimate of drug-likeness (QED) is 0.648. The van der Waals surface area contributed by atoms with Crippen LogP contribution < -0.4 is 5.32 Å². The Morgan fingerprint density at radius 1 is 0.952 bits per heavy atom. The Labute approximate surface area is 131 Å². The molecule has 0 amide bonds. The Hall–Kier alpha value is -0.980. The summed E-state index contributed by atoms with van der Waals surface area (Å²) in [7, 11) is 0. The van der Waals surface area contributed by atoms with Gasteiger partial charge in [-0.3, -0.25) is 0 Å². The van der Waals surface area contributed by atoms with Crippen molar-refractivity contribution >= 4 is 0 Å². The van der Waals surface area contributed by atoms with E-state index in [9.17, 15) is 0 Å². The number of hydrogen-bond donors (Lipinski definition) is 1. The molecular weight excluding hydrogens is 254 g/mol. The third-order valence-electron chi connectivity index (χ3n) is 5.50. The summed E-state index contributed by atoms with van der Waals surface area (Å²) < 4.78 is 0. The topological polar surface area (TPSA) is 12.0 Å². The standard InChI is InChI=1S/C20H33N/c1-6-17-8-14(3)10-19(12-17)16(5)21-20-11-15(4)9-18(7-2)13-20/h17-21H,3-13H2,1-2H3. The summed E-state index contributed by atoms with van der Waals surface area (Å²) in [5.74, 6) is 2.20. The van der Waals surface area contributed by atoms with Crippen LogP contribution in [0.5, 0.6) is 0 Å². The molecule has 0 aromatic carbocycles. The van der Waals surface area contributed by atoms with E-state index >= 15 is 0 Å². The number of rotatable bonds is 5. The molecule has 4 unspecified atom stereocenters. The van der Waals surface area contributed by atoms with Gasteiger partial charge in [0, 0.05) is 17.7 Å². The van der Waals surface area contributed by atoms with Crippen molar-refractivity contribution in [2.75, 3.05) is 0 Å². The van der Waals surface area contributed by atoms with Crippen molar-refractivity contribution in [2.45, 2.75) is 71.3 Å². The van der Waals surface area contributed by atoms with Crippen LogP contribution in [0, 0.1) is 17.8 Å². The predicted octanol–water partition coefficient (Wildman–Crippen LogP) is 5.61. The van der Waals surface area contributed by atoms with Crippen LogP contribution >= 0.6 is 0 Å². The van der Waals surface area contributed by atoms with Crippen LogP contribution in [0.15, 0.2) is 36.6 Å². The van der Waals surface area contributed by atoms with E-state index in [1.807, 2.05) is 0 Å².